The van der Waals surface area contributed by atoms with Gasteiger partial charge in [0, 0.05) is 49.5 Å². The number of nitroso groups, excluding NO2 is 1. The number of halogens is 3. The summed E-state index contributed by atoms with van der Waals surface area (Å²) < 4.78 is 71.7. The molecule has 3 heterocycles. The van der Waals surface area contributed by atoms with Crippen LogP contribution in [0.15, 0.2) is 27.7 Å². The van der Waals surface area contributed by atoms with Crippen LogP contribution in [0.1, 0.15) is 91.3 Å². The highest BCUT2D eigenvalue weighted by Crippen LogP contribution is 2.38. The molecule has 2 amide bonds. The number of benzene rings is 1. The molecule has 1 unspecified atom stereocenters. The van der Waals surface area contributed by atoms with Gasteiger partial charge in [0.05, 0.1) is 19.3 Å². The number of likely N-dealkylation sites (tertiary alicyclic amines) is 1. The van der Waals surface area contributed by atoms with Crippen molar-refractivity contribution in [3.63, 3.8) is 0 Å². The smallest absolute Gasteiger partial charge is 0.389 e. The number of aryl methyl sites for hydroxylation is 2. The Labute approximate surface area is 296 Å². The van der Waals surface area contributed by atoms with E-state index in [0.29, 0.717) is 68.6 Å². The second-order valence-corrected chi connectivity index (χ2v) is 16.2. The van der Waals surface area contributed by atoms with Crippen LogP contribution in [0.2, 0.25) is 0 Å². The second kappa shape index (κ2) is 16.2. The molecular weight excluding hydrogens is 691 g/mol. The molecule has 2 N–H and O–H groups in total. The first kappa shape index (κ1) is 39.0. The Kier molecular flexibility index (Phi) is 12.4. The maximum atomic E-state index is 13.4. The summed E-state index contributed by atoms with van der Waals surface area (Å²) >= 11 is 0. The largest absolute Gasteiger partial charge is 0.394 e. The van der Waals surface area contributed by atoms with Crippen LogP contribution in [0.4, 0.5) is 13.2 Å². The molecule has 3 aliphatic heterocycles. The van der Waals surface area contributed by atoms with Gasteiger partial charge < -0.3 is 20.1 Å². The van der Waals surface area contributed by atoms with E-state index in [1.54, 1.807) is 23.1 Å². The number of hydrogen-bond acceptors (Lipinski definition) is 9. The van der Waals surface area contributed by atoms with Crippen molar-refractivity contribution in [2.45, 2.75) is 102 Å². The summed E-state index contributed by atoms with van der Waals surface area (Å²) in [5.74, 6) is 0.201. The first-order chi connectivity index (χ1) is 24.1. The number of amidine groups is 1. The van der Waals surface area contributed by atoms with Crippen molar-refractivity contribution < 1.29 is 41.0 Å². The Morgan fingerprint density at radius 3 is 2.29 bits per heavy atom. The minimum atomic E-state index is -4.15. The molecule has 1 saturated carbocycles. The van der Waals surface area contributed by atoms with Crippen molar-refractivity contribution in [3.05, 3.63) is 44.7 Å². The Hall–Kier alpha value is -3.21. The summed E-state index contributed by atoms with van der Waals surface area (Å²) in [5.41, 5.74) is 1.65. The lowest BCUT2D eigenvalue weighted by Crippen LogP contribution is -2.50. The Bertz CT molecular complexity index is 1590. The van der Waals surface area contributed by atoms with E-state index in [-0.39, 0.29) is 75.3 Å². The predicted molar refractivity (Wildman–Crippen MR) is 185 cm³/mol. The molecule has 16 heteroatoms. The van der Waals surface area contributed by atoms with E-state index >= 15 is 0 Å². The number of ether oxygens (including phenoxy) is 1. The Morgan fingerprint density at radius 2 is 1.73 bits per heavy atom. The van der Waals surface area contributed by atoms with Gasteiger partial charge in [-0.1, -0.05) is 5.18 Å². The van der Waals surface area contributed by atoms with Gasteiger partial charge >= 0.3 is 6.18 Å². The van der Waals surface area contributed by atoms with Crippen LogP contribution in [-0.4, -0.2) is 104 Å². The van der Waals surface area contributed by atoms with Gasteiger partial charge in [0.2, 0.25) is 10.0 Å². The number of aliphatic hydroxyl groups excluding tert-OH is 1. The Balaban J connectivity index is 1.14. The molecule has 1 spiro atoms. The summed E-state index contributed by atoms with van der Waals surface area (Å²) in [6, 6.07) is 2.70. The highest BCUT2D eigenvalue weighted by Gasteiger charge is 2.48. The maximum absolute atomic E-state index is 13.4. The summed E-state index contributed by atoms with van der Waals surface area (Å²) in [7, 11) is -3.83. The van der Waals surface area contributed by atoms with E-state index in [1.807, 2.05) is 13.8 Å². The monoisotopic (exact) mass is 739 g/mol. The summed E-state index contributed by atoms with van der Waals surface area (Å²) in [5, 5.41) is 16.0. The van der Waals surface area contributed by atoms with Crippen molar-refractivity contribution in [2.24, 2.45) is 22.0 Å². The maximum Gasteiger partial charge on any atom is 0.389 e. The molecule has 12 nitrogen and oxygen atoms in total. The first-order valence-electron chi connectivity index (χ1n) is 17.7. The van der Waals surface area contributed by atoms with Gasteiger partial charge in [0.25, 0.3) is 11.8 Å². The van der Waals surface area contributed by atoms with Crippen LogP contribution in [0.25, 0.3) is 6.08 Å². The number of aliphatic hydroxyl groups is 1. The van der Waals surface area contributed by atoms with E-state index in [9.17, 15) is 36.1 Å². The van der Waals surface area contributed by atoms with Crippen LogP contribution >= 0.6 is 0 Å². The van der Waals surface area contributed by atoms with Crippen LogP contribution < -0.4 is 5.32 Å². The Morgan fingerprint density at radius 1 is 1.10 bits per heavy atom. The average Bonchev–Trinajstić information content (AvgIpc) is 3.41. The summed E-state index contributed by atoms with van der Waals surface area (Å²) in [6.45, 7) is 4.48. The van der Waals surface area contributed by atoms with E-state index in [2.05, 4.69) is 10.5 Å². The van der Waals surface area contributed by atoms with Crippen LogP contribution in [-0.2, 0) is 19.6 Å². The lowest BCUT2D eigenvalue weighted by Gasteiger charge is -2.34. The predicted octanol–water partition coefficient (Wildman–Crippen LogP) is 4.86. The number of carbonyl (C=O) groups excluding carboxylic acids is 2. The minimum absolute atomic E-state index is 0.0145. The molecule has 0 bridgehead atoms. The number of aliphatic imine (C=N–C) groups is 1. The molecule has 51 heavy (non-hydrogen) atoms. The third kappa shape index (κ3) is 9.62. The molecular formula is C35H48F3N5O7S. The fourth-order valence-electron chi connectivity index (χ4n) is 7.65. The molecule has 5 rings (SSSR count). The van der Waals surface area contributed by atoms with Gasteiger partial charge in [-0.05, 0) is 112 Å². The zero-order chi connectivity index (χ0) is 37.0. The standard InChI is InChI=1S/C35H48F3N5O7S/c1-23-19-27(32(45)42-14-8-29(9-15-42)50-22-28(21-44)41-47)20-24(2)30(23)10-18-51(48,49)43-16-12-34(13-17-43)33(46)39-31(40-34)26-5-3-25(4-6-26)7-11-35(36,37)38/h10,18-20,25-26,28-29,44H,3-9,11-17,21-22H2,1-2H3,(H,39,40,46)/b18-10+. The molecule has 0 aromatic heterocycles. The summed E-state index contributed by atoms with van der Waals surface area (Å²) in [4.78, 5) is 43.6. The van der Waals surface area contributed by atoms with E-state index in [4.69, 9.17) is 14.8 Å². The fraction of sp³-hybridized carbons (Fsp3) is 0.686. The zero-order valence-electron chi connectivity index (χ0n) is 29.2. The number of hydrogen-bond donors (Lipinski definition) is 2. The normalized spacial score (nSPS) is 24.2. The molecule has 1 aliphatic carbocycles. The van der Waals surface area contributed by atoms with E-state index in [0.717, 1.165) is 16.5 Å². The van der Waals surface area contributed by atoms with Crippen molar-refractivity contribution in [2.75, 3.05) is 39.4 Å². The highest BCUT2D eigenvalue weighted by atomic mass is 32.2. The average molecular weight is 740 g/mol. The lowest BCUT2D eigenvalue weighted by molar-refractivity contribution is -0.138. The molecule has 3 fully saturated rings. The quantitative estimate of drug-likeness (QED) is 0.290. The van der Waals surface area contributed by atoms with Gasteiger partial charge in [0.1, 0.15) is 17.4 Å². The number of nitrogens with zero attached hydrogens (tertiary/aromatic N) is 4. The third-order valence-electron chi connectivity index (χ3n) is 10.8. The van der Waals surface area contributed by atoms with Crippen molar-refractivity contribution in [3.8, 4) is 0 Å². The number of carbonyl (C=O) groups is 2. The molecule has 282 valence electrons. The lowest BCUT2D eigenvalue weighted by atomic mass is 9.79. The SMILES string of the molecule is Cc1cc(C(=O)N2CCC(OCC(CO)N=O)CC2)cc(C)c1/C=C/S(=O)(=O)N1CCC2(CC1)N=C(C1CCC(CCC(F)(F)F)CC1)NC2=O. The second-order valence-electron chi connectivity index (χ2n) is 14.4. The van der Waals surface area contributed by atoms with Gasteiger partial charge in [-0.2, -0.15) is 22.4 Å². The van der Waals surface area contributed by atoms with Gasteiger partial charge in [-0.15, -0.1) is 0 Å². The molecule has 4 aliphatic rings. The number of amides is 2. The van der Waals surface area contributed by atoms with Gasteiger partial charge in [0.15, 0.2) is 0 Å². The molecule has 2 saturated heterocycles. The topological polar surface area (TPSA) is 158 Å². The molecule has 1 aromatic carbocycles. The molecule has 0 radical (unpaired) electrons. The highest BCUT2D eigenvalue weighted by molar-refractivity contribution is 7.92. The molecule has 1 atom stereocenters. The van der Waals surface area contributed by atoms with Gasteiger partial charge in [-0.25, -0.2) is 8.42 Å². The number of nitrogens with one attached hydrogen (secondary N) is 1. The third-order valence-corrected chi connectivity index (χ3v) is 12.4. The number of rotatable bonds is 12. The van der Waals surface area contributed by atoms with Crippen molar-refractivity contribution in [1.82, 2.24) is 14.5 Å². The zero-order valence-corrected chi connectivity index (χ0v) is 30.0. The van der Waals surface area contributed by atoms with Crippen molar-refractivity contribution >= 4 is 33.7 Å². The van der Waals surface area contributed by atoms with E-state index in [1.165, 1.54) is 4.31 Å². The summed E-state index contributed by atoms with van der Waals surface area (Å²) in [6.07, 6.45) is 0.889. The minimum Gasteiger partial charge on any atom is -0.394 e. The van der Waals surface area contributed by atoms with Gasteiger partial charge in [-0.3, -0.25) is 14.6 Å². The van der Waals surface area contributed by atoms with Crippen LogP contribution in [0.3, 0.4) is 0 Å². The van der Waals surface area contributed by atoms with Crippen molar-refractivity contribution in [1.29, 1.82) is 0 Å². The van der Waals surface area contributed by atoms with Crippen LogP contribution in [0, 0.1) is 30.6 Å². The number of sulfonamides is 1. The first-order valence-corrected chi connectivity index (χ1v) is 19.2. The fourth-order valence-corrected chi connectivity index (χ4v) is 8.82. The van der Waals surface area contributed by atoms with Crippen LogP contribution in [0.5, 0.6) is 0 Å². The number of piperidine rings is 2. The van der Waals surface area contributed by atoms with E-state index < -0.39 is 34.2 Å². The molecule has 1 aromatic rings. The number of alkyl halides is 3.